The van der Waals surface area contributed by atoms with Gasteiger partial charge < -0.3 is 4.90 Å². The molecule has 2 nitrogen and oxygen atoms in total. The lowest BCUT2D eigenvalue weighted by molar-refractivity contribution is -0.138. The van der Waals surface area contributed by atoms with Gasteiger partial charge in [-0.05, 0) is 55.0 Å². The molecule has 1 heterocycles. The summed E-state index contributed by atoms with van der Waals surface area (Å²) in [5, 5.41) is 1.37. The highest BCUT2D eigenvalue weighted by atomic mass is 35.5. The number of rotatable bonds is 3. The first kappa shape index (κ1) is 17.6. The van der Waals surface area contributed by atoms with Crippen molar-refractivity contribution in [2.24, 2.45) is 0 Å². The van der Waals surface area contributed by atoms with E-state index in [2.05, 4.69) is 23.1 Å². The summed E-state index contributed by atoms with van der Waals surface area (Å²) in [4.78, 5) is 14.9. The van der Waals surface area contributed by atoms with Crippen LogP contribution in [0.2, 0.25) is 10.0 Å². The van der Waals surface area contributed by atoms with Crippen molar-refractivity contribution in [2.45, 2.75) is 37.6 Å². The number of halogens is 2. The number of nitrogens with zero attached hydrogens (tertiary/aromatic N) is 1. The van der Waals surface area contributed by atoms with E-state index in [0.29, 0.717) is 16.5 Å². The maximum absolute atomic E-state index is 12.8. The van der Waals surface area contributed by atoms with Crippen LogP contribution in [0.4, 0.5) is 0 Å². The summed E-state index contributed by atoms with van der Waals surface area (Å²) in [5.74, 6) is 0.236. The first-order chi connectivity index (χ1) is 12.6. The minimum absolute atomic E-state index is 0.236. The molecule has 4 rings (SSSR count). The average Bonchev–Trinajstić information content (AvgIpc) is 3.12. The molecule has 26 heavy (non-hydrogen) atoms. The number of piperidine rings is 1. The molecule has 4 heteroatoms. The summed E-state index contributed by atoms with van der Waals surface area (Å²) >= 11 is 12.9. The third kappa shape index (κ3) is 2.95. The fraction of sp³-hybridized carbons (Fsp3) is 0.318. The summed E-state index contributed by atoms with van der Waals surface area (Å²) in [6, 6.07) is 13.8. The number of carbonyl (C=O) groups excluding carboxylic acids is 1. The maximum atomic E-state index is 12.8. The lowest BCUT2D eigenvalue weighted by atomic mass is 9.81. The van der Waals surface area contributed by atoms with Crippen molar-refractivity contribution in [3.63, 3.8) is 0 Å². The quantitative estimate of drug-likeness (QED) is 0.574. The number of likely N-dealkylation sites (tertiary alicyclic amines) is 1. The van der Waals surface area contributed by atoms with Crippen LogP contribution in [-0.4, -0.2) is 17.4 Å². The Hall–Kier alpha value is -1.77. The number of benzene rings is 2. The number of amides is 1. The van der Waals surface area contributed by atoms with Gasteiger partial charge in [0.15, 0.2) is 0 Å². The van der Waals surface area contributed by atoms with Crippen molar-refractivity contribution in [3.05, 3.63) is 70.2 Å². The van der Waals surface area contributed by atoms with Crippen molar-refractivity contribution in [2.75, 3.05) is 6.54 Å². The van der Waals surface area contributed by atoms with Gasteiger partial charge in [-0.3, -0.25) is 4.79 Å². The second-order valence-electron chi connectivity index (χ2n) is 7.04. The zero-order valence-corrected chi connectivity index (χ0v) is 16.1. The molecule has 1 atom stereocenters. The van der Waals surface area contributed by atoms with Gasteiger partial charge in [0.05, 0.1) is 5.54 Å². The topological polar surface area (TPSA) is 20.3 Å². The molecule has 2 aromatic carbocycles. The van der Waals surface area contributed by atoms with Gasteiger partial charge in [0.1, 0.15) is 0 Å². The van der Waals surface area contributed by atoms with Crippen molar-refractivity contribution < 1.29 is 4.79 Å². The second-order valence-corrected chi connectivity index (χ2v) is 7.88. The van der Waals surface area contributed by atoms with Crippen LogP contribution in [0.3, 0.4) is 0 Å². The smallest absolute Gasteiger partial charge is 0.223 e. The largest absolute Gasteiger partial charge is 0.329 e. The molecule has 1 unspecified atom stereocenters. The summed E-state index contributed by atoms with van der Waals surface area (Å²) in [6.07, 6.45) is 8.90. The summed E-state index contributed by atoms with van der Waals surface area (Å²) < 4.78 is 0. The van der Waals surface area contributed by atoms with E-state index in [9.17, 15) is 4.79 Å². The highest BCUT2D eigenvalue weighted by Gasteiger charge is 2.43. The van der Waals surface area contributed by atoms with E-state index < -0.39 is 5.54 Å². The fourth-order valence-corrected chi connectivity index (χ4v) is 4.78. The minimum atomic E-state index is -0.417. The maximum Gasteiger partial charge on any atom is 0.223 e. The lowest BCUT2D eigenvalue weighted by Gasteiger charge is -2.44. The summed E-state index contributed by atoms with van der Waals surface area (Å²) in [6.45, 7) is 0.796. The molecular weight excluding hydrogens is 365 g/mol. The molecule has 2 aromatic rings. The Kier molecular flexibility index (Phi) is 4.81. The van der Waals surface area contributed by atoms with E-state index in [1.165, 1.54) is 0 Å². The van der Waals surface area contributed by atoms with E-state index >= 15 is 0 Å². The number of hydrogen-bond acceptors (Lipinski definition) is 1. The monoisotopic (exact) mass is 385 g/mol. The molecule has 1 fully saturated rings. The van der Waals surface area contributed by atoms with Crippen molar-refractivity contribution in [1.29, 1.82) is 0 Å². The van der Waals surface area contributed by atoms with Gasteiger partial charge in [-0.1, -0.05) is 59.6 Å². The van der Waals surface area contributed by atoms with Crippen LogP contribution < -0.4 is 0 Å². The Morgan fingerprint density at radius 2 is 1.88 bits per heavy atom. The standard InChI is InChI=1S/C22H21Cl2NO/c23-17-8-5-7-16(15-17)21-18(9-6-10-19(21)24)22(12-2-3-13-22)25-14-4-1-11-20(25)26/h2,5-10,12,15H,1,3-4,11,13-14H2. The van der Waals surface area contributed by atoms with Crippen LogP contribution in [0.1, 0.15) is 37.7 Å². The molecule has 0 bridgehead atoms. The minimum Gasteiger partial charge on any atom is -0.329 e. The predicted molar refractivity (Wildman–Crippen MR) is 108 cm³/mol. The van der Waals surface area contributed by atoms with Gasteiger partial charge in [0, 0.05) is 28.6 Å². The van der Waals surface area contributed by atoms with E-state index in [0.717, 1.165) is 48.9 Å². The zero-order valence-electron chi connectivity index (χ0n) is 14.6. The number of carbonyl (C=O) groups is 1. The Morgan fingerprint density at radius 1 is 1.04 bits per heavy atom. The van der Waals surface area contributed by atoms with Crippen molar-refractivity contribution in [1.82, 2.24) is 4.90 Å². The van der Waals surface area contributed by atoms with Crippen LogP contribution >= 0.6 is 23.2 Å². The van der Waals surface area contributed by atoms with Crippen molar-refractivity contribution in [3.8, 4) is 11.1 Å². The summed E-state index contributed by atoms with van der Waals surface area (Å²) in [7, 11) is 0. The van der Waals surface area contributed by atoms with Gasteiger partial charge in [-0.15, -0.1) is 0 Å². The third-order valence-corrected chi connectivity index (χ3v) is 6.03. The number of hydrogen-bond donors (Lipinski definition) is 0. The van der Waals surface area contributed by atoms with E-state index in [4.69, 9.17) is 23.2 Å². The predicted octanol–water partition coefficient (Wildman–Crippen LogP) is 6.22. The SMILES string of the molecule is O=C1CCCCN1C1(c2cccc(Cl)c2-c2cccc(Cl)c2)C=CCC1. The molecule has 0 saturated carbocycles. The molecule has 1 amide bonds. The molecule has 0 N–H and O–H groups in total. The van der Waals surface area contributed by atoms with Gasteiger partial charge in [-0.25, -0.2) is 0 Å². The molecule has 0 radical (unpaired) electrons. The van der Waals surface area contributed by atoms with Gasteiger partial charge in [0.2, 0.25) is 5.91 Å². The van der Waals surface area contributed by atoms with Gasteiger partial charge >= 0.3 is 0 Å². The Balaban J connectivity index is 1.92. The lowest BCUT2D eigenvalue weighted by Crippen LogP contribution is -2.49. The molecule has 0 spiro atoms. The van der Waals surface area contributed by atoms with E-state index in [-0.39, 0.29) is 5.91 Å². The molecular formula is C22H21Cl2NO. The molecule has 1 aliphatic carbocycles. The Morgan fingerprint density at radius 3 is 2.62 bits per heavy atom. The first-order valence-corrected chi connectivity index (χ1v) is 9.90. The average molecular weight is 386 g/mol. The highest BCUT2D eigenvalue weighted by Crippen LogP contribution is 2.47. The molecule has 1 saturated heterocycles. The normalized spacial score (nSPS) is 22.8. The summed E-state index contributed by atoms with van der Waals surface area (Å²) in [5.41, 5.74) is 2.64. The van der Waals surface area contributed by atoms with Crippen LogP contribution in [0, 0.1) is 0 Å². The van der Waals surface area contributed by atoms with E-state index in [1.807, 2.05) is 36.4 Å². The third-order valence-electron chi connectivity index (χ3n) is 5.48. The van der Waals surface area contributed by atoms with E-state index in [1.54, 1.807) is 0 Å². The van der Waals surface area contributed by atoms with Crippen LogP contribution in [0.15, 0.2) is 54.6 Å². The van der Waals surface area contributed by atoms with Gasteiger partial charge in [-0.2, -0.15) is 0 Å². The highest BCUT2D eigenvalue weighted by molar-refractivity contribution is 6.34. The molecule has 0 aromatic heterocycles. The molecule has 134 valence electrons. The Bertz CT molecular complexity index is 876. The Labute approximate surface area is 164 Å². The molecule has 2 aliphatic rings. The molecule has 1 aliphatic heterocycles. The zero-order chi connectivity index (χ0) is 18.1. The fourth-order valence-electron chi connectivity index (χ4n) is 4.31. The van der Waals surface area contributed by atoms with Crippen molar-refractivity contribution >= 4 is 29.1 Å². The van der Waals surface area contributed by atoms with Crippen LogP contribution in [-0.2, 0) is 10.3 Å². The van der Waals surface area contributed by atoms with Crippen LogP contribution in [0.5, 0.6) is 0 Å². The first-order valence-electron chi connectivity index (χ1n) is 9.15. The van der Waals surface area contributed by atoms with Crippen LogP contribution in [0.25, 0.3) is 11.1 Å². The van der Waals surface area contributed by atoms with Gasteiger partial charge in [0.25, 0.3) is 0 Å². The number of allylic oxidation sites excluding steroid dienone is 1. The second kappa shape index (κ2) is 7.09.